The fourth-order valence-electron chi connectivity index (χ4n) is 2.53. The number of hydrogen-bond acceptors (Lipinski definition) is 5. The summed E-state index contributed by atoms with van der Waals surface area (Å²) in [6, 6.07) is 0. The van der Waals surface area contributed by atoms with Gasteiger partial charge in [0.05, 0.1) is 26.3 Å². The Hall–Kier alpha value is -1.38. The van der Waals surface area contributed by atoms with Crippen LogP contribution in [0.25, 0.3) is 0 Å². The van der Waals surface area contributed by atoms with E-state index in [0.717, 1.165) is 38.6 Å². The lowest BCUT2D eigenvalue weighted by Crippen LogP contribution is -3.14. The van der Waals surface area contributed by atoms with E-state index in [1.165, 1.54) is 11.1 Å². The van der Waals surface area contributed by atoms with Gasteiger partial charge in [-0.25, -0.2) is 4.98 Å². The summed E-state index contributed by atoms with van der Waals surface area (Å²) in [7, 11) is 0. The van der Waals surface area contributed by atoms with Gasteiger partial charge in [0, 0.05) is 18.5 Å². The second-order valence-electron chi connectivity index (χ2n) is 5.13. The molecule has 1 saturated heterocycles. The number of carbonyl (C=O) groups is 1. The van der Waals surface area contributed by atoms with Crippen molar-refractivity contribution in [2.75, 3.05) is 45.1 Å². The van der Waals surface area contributed by atoms with Gasteiger partial charge in [0.1, 0.15) is 18.7 Å². The van der Waals surface area contributed by atoms with Crippen molar-refractivity contribution in [3.8, 4) is 0 Å². The lowest BCUT2D eigenvalue weighted by atomic mass is 10.3. The zero-order valence-corrected chi connectivity index (χ0v) is 12.6. The summed E-state index contributed by atoms with van der Waals surface area (Å²) in [4.78, 5) is 29.9. The third-order valence-electron chi connectivity index (χ3n) is 3.77. The van der Waals surface area contributed by atoms with Crippen LogP contribution in [0.2, 0.25) is 0 Å². The highest BCUT2D eigenvalue weighted by Crippen LogP contribution is 2.20. The van der Waals surface area contributed by atoms with Gasteiger partial charge in [-0.2, -0.15) is 0 Å². The van der Waals surface area contributed by atoms with Crippen LogP contribution in [-0.4, -0.2) is 60.6 Å². The van der Waals surface area contributed by atoms with E-state index >= 15 is 0 Å². The standard InChI is InChI=1S/C13H18N4O3S/c18-11(14-1-2-16-3-6-20-7-4-16)10-9-15-13-17(12(10)19)5-8-21-13/h9H,1-8H2,(H,14,18)/p+1. The number of ether oxygens (including phenoxy) is 1. The summed E-state index contributed by atoms with van der Waals surface area (Å²) in [6.45, 7) is 5.53. The molecule has 2 aliphatic rings. The molecule has 2 N–H and O–H groups in total. The Labute approximate surface area is 126 Å². The van der Waals surface area contributed by atoms with E-state index in [2.05, 4.69) is 10.3 Å². The molecule has 1 aromatic heterocycles. The van der Waals surface area contributed by atoms with Crippen molar-refractivity contribution in [1.82, 2.24) is 14.9 Å². The van der Waals surface area contributed by atoms with E-state index in [1.807, 2.05) is 0 Å². The molecule has 1 aromatic rings. The lowest BCUT2D eigenvalue weighted by molar-refractivity contribution is -0.906. The summed E-state index contributed by atoms with van der Waals surface area (Å²) in [5, 5.41) is 3.52. The van der Waals surface area contributed by atoms with E-state index in [4.69, 9.17) is 4.74 Å². The normalized spacial score (nSPS) is 18.5. The van der Waals surface area contributed by atoms with E-state index in [-0.39, 0.29) is 17.0 Å². The van der Waals surface area contributed by atoms with Crippen LogP contribution in [0, 0.1) is 0 Å². The highest BCUT2D eigenvalue weighted by atomic mass is 32.2. The van der Waals surface area contributed by atoms with Crippen molar-refractivity contribution in [3.05, 3.63) is 22.1 Å². The average molecular weight is 311 g/mol. The molecule has 2 aliphatic heterocycles. The number of rotatable bonds is 4. The molecule has 8 heteroatoms. The highest BCUT2D eigenvalue weighted by molar-refractivity contribution is 7.99. The predicted octanol–water partition coefficient (Wildman–Crippen LogP) is -2.01. The van der Waals surface area contributed by atoms with Crippen LogP contribution in [0.15, 0.2) is 16.1 Å². The number of thioether (sulfide) groups is 1. The Morgan fingerprint density at radius 2 is 2.29 bits per heavy atom. The van der Waals surface area contributed by atoms with E-state index in [0.29, 0.717) is 18.2 Å². The Bertz CT molecular complexity index is 583. The van der Waals surface area contributed by atoms with Crippen LogP contribution in [-0.2, 0) is 11.3 Å². The number of carbonyl (C=O) groups excluding carboxylic acids is 1. The van der Waals surface area contributed by atoms with Gasteiger partial charge in [0.2, 0.25) is 0 Å². The fourth-order valence-corrected chi connectivity index (χ4v) is 3.45. The van der Waals surface area contributed by atoms with E-state index in [1.54, 1.807) is 16.3 Å². The molecule has 0 aromatic carbocycles. The second-order valence-corrected chi connectivity index (χ2v) is 6.19. The van der Waals surface area contributed by atoms with E-state index in [9.17, 15) is 9.59 Å². The minimum Gasteiger partial charge on any atom is -0.370 e. The molecule has 0 saturated carbocycles. The Morgan fingerprint density at radius 3 is 3.10 bits per heavy atom. The van der Waals surface area contributed by atoms with Gasteiger partial charge >= 0.3 is 0 Å². The van der Waals surface area contributed by atoms with E-state index < -0.39 is 0 Å². The maximum atomic E-state index is 12.2. The molecular formula is C13H19N4O3S+. The zero-order valence-electron chi connectivity index (χ0n) is 11.8. The largest absolute Gasteiger partial charge is 0.370 e. The average Bonchev–Trinajstić information content (AvgIpc) is 2.98. The molecule has 0 bridgehead atoms. The van der Waals surface area contributed by atoms with Gasteiger partial charge in [0.15, 0.2) is 5.16 Å². The van der Waals surface area contributed by atoms with Crippen LogP contribution in [0.5, 0.6) is 0 Å². The molecule has 0 unspecified atom stereocenters. The number of nitrogens with one attached hydrogen (secondary N) is 2. The minimum absolute atomic E-state index is 0.137. The second kappa shape index (κ2) is 6.59. The van der Waals surface area contributed by atoms with Crippen molar-refractivity contribution in [2.24, 2.45) is 0 Å². The summed E-state index contributed by atoms with van der Waals surface area (Å²) in [5.41, 5.74) is -0.0977. The fraction of sp³-hybridized carbons (Fsp3) is 0.615. The first-order chi connectivity index (χ1) is 10.3. The zero-order chi connectivity index (χ0) is 14.7. The number of morpholine rings is 1. The van der Waals surface area contributed by atoms with Gasteiger partial charge < -0.3 is 15.0 Å². The molecule has 0 aliphatic carbocycles. The Balaban J connectivity index is 1.57. The number of hydrogen-bond donors (Lipinski definition) is 2. The van der Waals surface area contributed by atoms with Gasteiger partial charge in [-0.15, -0.1) is 0 Å². The van der Waals surface area contributed by atoms with Crippen LogP contribution < -0.4 is 15.8 Å². The SMILES string of the molecule is O=C(NCC[NH+]1CCOCC1)c1cnc2n(c1=O)CCS2. The highest BCUT2D eigenvalue weighted by Gasteiger charge is 2.20. The molecule has 1 amide bonds. The molecule has 0 atom stereocenters. The summed E-state index contributed by atoms with van der Waals surface area (Å²) < 4.78 is 6.87. The van der Waals surface area contributed by atoms with Crippen LogP contribution in [0.3, 0.4) is 0 Å². The maximum absolute atomic E-state index is 12.2. The van der Waals surface area contributed by atoms with Gasteiger partial charge in [-0.3, -0.25) is 14.2 Å². The molecule has 0 radical (unpaired) electrons. The van der Waals surface area contributed by atoms with Crippen LogP contribution in [0.4, 0.5) is 0 Å². The van der Waals surface area contributed by atoms with Gasteiger partial charge in [-0.05, 0) is 0 Å². The van der Waals surface area contributed by atoms with Crippen molar-refractivity contribution in [2.45, 2.75) is 11.7 Å². The first kappa shape index (κ1) is 14.6. The minimum atomic E-state index is -0.327. The molecule has 7 nitrogen and oxygen atoms in total. The van der Waals surface area contributed by atoms with Gasteiger partial charge in [0.25, 0.3) is 11.5 Å². The Kier molecular flexibility index (Phi) is 4.57. The summed E-state index contributed by atoms with van der Waals surface area (Å²) in [6.07, 6.45) is 1.39. The molecule has 1 fully saturated rings. The molecule has 114 valence electrons. The number of quaternary nitrogens is 1. The maximum Gasteiger partial charge on any atom is 0.267 e. The number of fused-ring (bicyclic) bond motifs is 1. The predicted molar refractivity (Wildman–Crippen MR) is 77.9 cm³/mol. The molecular weight excluding hydrogens is 292 g/mol. The van der Waals surface area contributed by atoms with Gasteiger partial charge in [-0.1, -0.05) is 11.8 Å². The number of nitrogens with zero attached hydrogens (tertiary/aromatic N) is 2. The quantitative estimate of drug-likeness (QED) is 0.629. The van der Waals surface area contributed by atoms with Crippen molar-refractivity contribution in [1.29, 1.82) is 0 Å². The molecule has 0 spiro atoms. The topological polar surface area (TPSA) is 77.7 Å². The first-order valence-corrected chi connectivity index (χ1v) is 8.16. The third-order valence-corrected chi connectivity index (χ3v) is 4.74. The monoisotopic (exact) mass is 311 g/mol. The van der Waals surface area contributed by atoms with Crippen LogP contribution in [0.1, 0.15) is 10.4 Å². The Morgan fingerprint density at radius 1 is 1.48 bits per heavy atom. The molecule has 3 heterocycles. The van der Waals surface area contributed by atoms with Crippen molar-refractivity contribution >= 4 is 17.7 Å². The van der Waals surface area contributed by atoms with Crippen LogP contribution >= 0.6 is 11.8 Å². The smallest absolute Gasteiger partial charge is 0.267 e. The summed E-state index contributed by atoms with van der Waals surface area (Å²) >= 11 is 1.54. The first-order valence-electron chi connectivity index (χ1n) is 7.18. The molecule has 3 rings (SSSR count). The van der Waals surface area contributed by atoms with Crippen molar-refractivity contribution in [3.63, 3.8) is 0 Å². The lowest BCUT2D eigenvalue weighted by Gasteiger charge is -2.23. The summed E-state index contributed by atoms with van der Waals surface area (Å²) in [5.74, 6) is 0.514. The third kappa shape index (κ3) is 3.28. The molecule has 21 heavy (non-hydrogen) atoms. The van der Waals surface area contributed by atoms with Crippen molar-refractivity contribution < 1.29 is 14.4 Å². The number of aromatic nitrogens is 2. The number of amides is 1.